The van der Waals surface area contributed by atoms with Crippen LogP contribution in [0.15, 0.2) is 24.3 Å². The molecule has 23 heavy (non-hydrogen) atoms. The number of piperidine rings is 1. The molecule has 0 radical (unpaired) electrons. The number of sulfonamides is 1. The van der Waals surface area contributed by atoms with E-state index in [9.17, 15) is 13.2 Å². The number of anilines is 1. The molecule has 2 rings (SSSR count). The van der Waals surface area contributed by atoms with Gasteiger partial charge in [0.25, 0.3) is 0 Å². The fourth-order valence-corrected chi connectivity index (χ4v) is 3.85. The van der Waals surface area contributed by atoms with Crippen LogP contribution in [0.5, 0.6) is 5.75 Å². The Morgan fingerprint density at radius 1 is 1.39 bits per heavy atom. The van der Waals surface area contributed by atoms with E-state index in [2.05, 4.69) is 5.32 Å². The zero-order valence-corrected chi connectivity index (χ0v) is 14.4. The maximum Gasteiger partial charge on any atom is 0.228 e. The normalized spacial score (nSPS) is 19.3. The third kappa shape index (κ3) is 4.68. The summed E-state index contributed by atoms with van der Waals surface area (Å²) in [5, 5.41) is 2.86. The Labute approximate surface area is 137 Å². The highest BCUT2D eigenvalue weighted by Crippen LogP contribution is 2.23. The summed E-state index contributed by atoms with van der Waals surface area (Å²) in [6.07, 6.45) is 1.41. The molecule has 1 amide bonds. The lowest BCUT2D eigenvalue weighted by Crippen LogP contribution is -2.44. The number of amides is 1. The molecule has 1 fully saturated rings. The summed E-state index contributed by atoms with van der Waals surface area (Å²) < 4.78 is 30.8. The average molecular weight is 340 g/mol. The molecule has 128 valence electrons. The third-order valence-electron chi connectivity index (χ3n) is 3.93. The molecule has 1 aromatic rings. The van der Waals surface area contributed by atoms with Crippen LogP contribution < -0.4 is 10.1 Å². The topological polar surface area (TPSA) is 75.7 Å². The molecule has 1 aromatic carbocycles. The van der Waals surface area contributed by atoms with E-state index in [0.717, 1.165) is 0 Å². The fourth-order valence-electron chi connectivity index (χ4n) is 2.67. The zero-order valence-electron chi connectivity index (χ0n) is 13.6. The maximum absolute atomic E-state index is 12.4. The number of ether oxygens (including phenoxy) is 1. The molecule has 0 bridgehead atoms. The van der Waals surface area contributed by atoms with Gasteiger partial charge in [0.15, 0.2) is 0 Å². The van der Waals surface area contributed by atoms with Gasteiger partial charge in [-0.3, -0.25) is 4.79 Å². The van der Waals surface area contributed by atoms with Crippen LogP contribution in [0.3, 0.4) is 0 Å². The van der Waals surface area contributed by atoms with Crippen LogP contribution in [0, 0.1) is 5.92 Å². The first kappa shape index (κ1) is 17.7. The first-order valence-electron chi connectivity index (χ1n) is 7.97. The maximum atomic E-state index is 12.4. The van der Waals surface area contributed by atoms with Gasteiger partial charge in [-0.1, -0.05) is 6.07 Å². The monoisotopic (exact) mass is 340 g/mol. The van der Waals surface area contributed by atoms with Gasteiger partial charge < -0.3 is 10.1 Å². The predicted molar refractivity (Wildman–Crippen MR) is 90.0 cm³/mol. The highest BCUT2D eigenvalue weighted by atomic mass is 32.2. The largest absolute Gasteiger partial charge is 0.494 e. The van der Waals surface area contributed by atoms with Crippen molar-refractivity contribution in [3.05, 3.63) is 24.3 Å². The number of rotatable bonds is 6. The first-order valence-corrected chi connectivity index (χ1v) is 9.58. The van der Waals surface area contributed by atoms with Gasteiger partial charge in [-0.15, -0.1) is 0 Å². The second-order valence-corrected chi connectivity index (χ2v) is 7.81. The molecular formula is C16H24N2O4S. The molecule has 0 saturated carbocycles. The van der Waals surface area contributed by atoms with Crippen molar-refractivity contribution >= 4 is 21.6 Å². The van der Waals surface area contributed by atoms with E-state index in [4.69, 9.17) is 4.74 Å². The molecule has 0 aromatic heterocycles. The van der Waals surface area contributed by atoms with E-state index in [1.165, 1.54) is 4.31 Å². The van der Waals surface area contributed by atoms with Crippen molar-refractivity contribution in [2.75, 3.05) is 30.8 Å². The highest BCUT2D eigenvalue weighted by molar-refractivity contribution is 7.89. The van der Waals surface area contributed by atoms with Gasteiger partial charge >= 0.3 is 0 Å². The molecule has 7 heteroatoms. The number of nitrogens with one attached hydrogen (secondary N) is 1. The molecule has 1 N–H and O–H groups in total. The van der Waals surface area contributed by atoms with Gasteiger partial charge in [-0.2, -0.15) is 0 Å². The Kier molecular flexibility index (Phi) is 6.01. The van der Waals surface area contributed by atoms with Crippen molar-refractivity contribution in [3.63, 3.8) is 0 Å². The van der Waals surface area contributed by atoms with Crippen LogP contribution in [0.1, 0.15) is 26.7 Å². The minimum atomic E-state index is -3.24. The van der Waals surface area contributed by atoms with Crippen LogP contribution in [-0.4, -0.2) is 44.1 Å². The molecule has 1 saturated heterocycles. The molecule has 0 unspecified atom stereocenters. The van der Waals surface area contributed by atoms with E-state index in [-0.39, 0.29) is 24.1 Å². The number of benzene rings is 1. The van der Waals surface area contributed by atoms with Gasteiger partial charge in [0.1, 0.15) is 5.75 Å². The lowest BCUT2D eigenvalue weighted by atomic mass is 9.98. The SMILES string of the molecule is CCOc1cccc(NC(=O)[C@@H]2CCCN(S(=O)(=O)CC)C2)c1. The molecule has 1 aliphatic rings. The molecule has 1 atom stereocenters. The summed E-state index contributed by atoms with van der Waals surface area (Å²) in [5.41, 5.74) is 0.663. The summed E-state index contributed by atoms with van der Waals surface area (Å²) in [6.45, 7) is 4.84. The molecule has 1 heterocycles. The predicted octanol–water partition coefficient (Wildman–Crippen LogP) is 2.09. The van der Waals surface area contributed by atoms with Crippen LogP contribution in [-0.2, 0) is 14.8 Å². The van der Waals surface area contributed by atoms with Crippen molar-refractivity contribution < 1.29 is 17.9 Å². The van der Waals surface area contributed by atoms with Gasteiger partial charge in [0.2, 0.25) is 15.9 Å². The molecule has 0 aliphatic carbocycles. The first-order chi connectivity index (χ1) is 11.0. The van der Waals surface area contributed by atoms with E-state index in [1.807, 2.05) is 19.1 Å². The minimum absolute atomic E-state index is 0.0672. The lowest BCUT2D eigenvalue weighted by molar-refractivity contribution is -0.120. The van der Waals surface area contributed by atoms with Crippen LogP contribution >= 0.6 is 0 Å². The summed E-state index contributed by atoms with van der Waals surface area (Å²) in [5.74, 6) is 0.303. The third-order valence-corrected chi connectivity index (χ3v) is 5.77. The number of nitrogens with zero attached hydrogens (tertiary/aromatic N) is 1. The van der Waals surface area contributed by atoms with Gasteiger partial charge in [0, 0.05) is 24.8 Å². The smallest absolute Gasteiger partial charge is 0.228 e. The number of hydrogen-bond acceptors (Lipinski definition) is 4. The Balaban J connectivity index is 2.01. The Hall–Kier alpha value is -1.60. The van der Waals surface area contributed by atoms with Crippen LogP contribution in [0.4, 0.5) is 5.69 Å². The standard InChI is InChI=1S/C16H24N2O4S/c1-3-22-15-9-5-8-14(11-15)17-16(19)13-7-6-10-18(12-13)23(20,21)4-2/h5,8-9,11,13H,3-4,6-7,10,12H2,1-2H3,(H,17,19)/t13-/m1/s1. The molecule has 6 nitrogen and oxygen atoms in total. The minimum Gasteiger partial charge on any atom is -0.494 e. The molecule has 0 spiro atoms. The summed E-state index contributed by atoms with van der Waals surface area (Å²) in [6, 6.07) is 7.21. The van der Waals surface area contributed by atoms with Crippen molar-refractivity contribution in [2.24, 2.45) is 5.92 Å². The molecular weight excluding hydrogens is 316 g/mol. The van der Waals surface area contributed by atoms with E-state index >= 15 is 0 Å². The second-order valence-electron chi connectivity index (χ2n) is 5.55. The fraction of sp³-hybridized carbons (Fsp3) is 0.562. The van der Waals surface area contributed by atoms with Gasteiger partial charge in [0.05, 0.1) is 18.3 Å². The number of carbonyl (C=O) groups excluding carboxylic acids is 1. The lowest BCUT2D eigenvalue weighted by Gasteiger charge is -2.30. The van der Waals surface area contributed by atoms with Crippen molar-refractivity contribution in [1.29, 1.82) is 0 Å². The van der Waals surface area contributed by atoms with E-state index in [0.29, 0.717) is 37.4 Å². The zero-order chi connectivity index (χ0) is 16.9. The van der Waals surface area contributed by atoms with Crippen molar-refractivity contribution in [2.45, 2.75) is 26.7 Å². The summed E-state index contributed by atoms with van der Waals surface area (Å²) in [4.78, 5) is 12.4. The quantitative estimate of drug-likeness (QED) is 0.860. The van der Waals surface area contributed by atoms with E-state index in [1.54, 1.807) is 19.1 Å². The molecule has 1 aliphatic heterocycles. The summed E-state index contributed by atoms with van der Waals surface area (Å²) >= 11 is 0. The average Bonchev–Trinajstić information content (AvgIpc) is 2.55. The van der Waals surface area contributed by atoms with Crippen molar-refractivity contribution in [3.8, 4) is 5.75 Å². The van der Waals surface area contributed by atoms with Gasteiger partial charge in [-0.05, 0) is 38.8 Å². The van der Waals surface area contributed by atoms with Crippen molar-refractivity contribution in [1.82, 2.24) is 4.31 Å². The number of carbonyl (C=O) groups is 1. The van der Waals surface area contributed by atoms with Crippen LogP contribution in [0.25, 0.3) is 0 Å². The summed E-state index contributed by atoms with van der Waals surface area (Å²) in [7, 11) is -3.24. The second kappa shape index (κ2) is 7.79. The van der Waals surface area contributed by atoms with Gasteiger partial charge in [-0.25, -0.2) is 12.7 Å². The number of hydrogen-bond donors (Lipinski definition) is 1. The Morgan fingerprint density at radius 3 is 2.87 bits per heavy atom. The highest BCUT2D eigenvalue weighted by Gasteiger charge is 2.31. The van der Waals surface area contributed by atoms with Crippen LogP contribution in [0.2, 0.25) is 0 Å². The van der Waals surface area contributed by atoms with E-state index < -0.39 is 10.0 Å². The Bertz CT molecular complexity index is 645. The Morgan fingerprint density at radius 2 is 2.17 bits per heavy atom.